The van der Waals surface area contributed by atoms with E-state index in [1.807, 2.05) is 24.3 Å². The molecule has 298 valence electrons. The molecule has 0 amide bonds. The number of hydrogen-bond donors (Lipinski definition) is 0. The highest BCUT2D eigenvalue weighted by Crippen LogP contribution is 2.64. The molecule has 0 atom stereocenters. The van der Waals surface area contributed by atoms with Crippen molar-refractivity contribution in [1.29, 1.82) is 0 Å². The van der Waals surface area contributed by atoms with E-state index >= 15 is 0 Å². The molecule has 0 unspecified atom stereocenters. The third-order valence-corrected chi connectivity index (χ3v) is 16.4. The zero-order valence-electron chi connectivity index (χ0n) is 34.4. The molecule has 2 aromatic heterocycles. The Morgan fingerprint density at radius 1 is 0.410 bits per heavy atom. The van der Waals surface area contributed by atoms with Gasteiger partial charge in [-0.25, -0.2) is 24.6 Å². The van der Waals surface area contributed by atoms with Gasteiger partial charge in [-0.15, -0.1) is 0 Å². The van der Waals surface area contributed by atoms with E-state index in [1.165, 1.54) is 88.2 Å². The summed E-state index contributed by atoms with van der Waals surface area (Å²) in [6.07, 6.45) is 17.2. The van der Waals surface area contributed by atoms with Gasteiger partial charge in [-0.3, -0.25) is 0 Å². The van der Waals surface area contributed by atoms with E-state index < -0.39 is 0 Å². The van der Waals surface area contributed by atoms with Crippen LogP contribution in [0.5, 0.6) is 0 Å². The Hall–Kier alpha value is -6.11. The van der Waals surface area contributed by atoms with Gasteiger partial charge in [-0.05, 0) is 170 Å². The molecule has 8 saturated carbocycles. The van der Waals surface area contributed by atoms with Crippen molar-refractivity contribution in [3.63, 3.8) is 0 Å². The Morgan fingerprint density at radius 2 is 0.770 bits per heavy atom. The van der Waals surface area contributed by atoms with Gasteiger partial charge in [0.2, 0.25) is 0 Å². The summed E-state index contributed by atoms with van der Waals surface area (Å²) in [5.41, 5.74) is 11.9. The predicted octanol–water partition coefficient (Wildman–Crippen LogP) is 14.5. The largest absolute Gasteiger partial charge is 0.456 e. The summed E-state index contributed by atoms with van der Waals surface area (Å²) in [5, 5.41) is 2.18. The molecule has 8 aliphatic rings. The predicted molar refractivity (Wildman–Crippen MR) is 241 cm³/mol. The molecular weight excluding hydrogens is 747 g/mol. The quantitative estimate of drug-likeness (QED) is 0.157. The van der Waals surface area contributed by atoms with Crippen LogP contribution in [0.2, 0.25) is 0 Å². The zero-order valence-corrected chi connectivity index (χ0v) is 34.4. The first-order valence-corrected chi connectivity index (χ1v) is 22.7. The van der Waals surface area contributed by atoms with E-state index in [9.17, 15) is 0 Å². The van der Waals surface area contributed by atoms with Crippen LogP contribution in [0.3, 0.4) is 0 Å². The number of hydrogen-bond acceptors (Lipinski definition) is 4. The fraction of sp³-hybridized carbons (Fsp3) is 0.364. The molecule has 0 aliphatic heterocycles. The van der Waals surface area contributed by atoms with Crippen molar-refractivity contribution in [2.24, 2.45) is 35.5 Å². The van der Waals surface area contributed by atoms with Gasteiger partial charge in [0.25, 0.3) is 0 Å². The maximum absolute atomic E-state index is 7.41. The Bertz CT molecular complexity index is 2810. The highest BCUT2D eigenvalue weighted by molar-refractivity contribution is 6.06. The normalized spacial score (nSPS) is 29.3. The van der Waals surface area contributed by atoms with Crippen LogP contribution in [0.15, 0.2) is 108 Å². The van der Waals surface area contributed by atoms with Gasteiger partial charge in [0.15, 0.2) is 28.8 Å². The Labute approximate surface area is 357 Å². The van der Waals surface area contributed by atoms with E-state index in [2.05, 4.69) is 64.3 Å². The second-order valence-corrected chi connectivity index (χ2v) is 20.3. The summed E-state index contributed by atoms with van der Waals surface area (Å²) in [6, 6.07) is 35.9. The van der Waals surface area contributed by atoms with Crippen LogP contribution in [0.4, 0.5) is 11.4 Å². The van der Waals surface area contributed by atoms with Crippen LogP contribution in [0.25, 0.3) is 76.9 Å². The minimum Gasteiger partial charge on any atom is -0.456 e. The molecule has 8 aliphatic carbocycles. The van der Waals surface area contributed by atoms with E-state index in [1.54, 1.807) is 35.4 Å². The van der Waals surface area contributed by atoms with Crippen molar-refractivity contribution < 1.29 is 4.42 Å². The van der Waals surface area contributed by atoms with Crippen molar-refractivity contribution in [3.8, 4) is 45.3 Å². The van der Waals surface area contributed by atoms with E-state index in [0.29, 0.717) is 39.7 Å². The van der Waals surface area contributed by atoms with Gasteiger partial charge < -0.3 is 4.42 Å². The van der Waals surface area contributed by atoms with Crippen molar-refractivity contribution in [1.82, 2.24) is 15.0 Å². The Balaban J connectivity index is 0.908. The Morgan fingerprint density at radius 3 is 1.18 bits per heavy atom. The van der Waals surface area contributed by atoms with Gasteiger partial charge in [-0.1, -0.05) is 78.9 Å². The highest BCUT2D eigenvalue weighted by Gasteiger charge is 2.54. The van der Waals surface area contributed by atoms with Crippen molar-refractivity contribution in [3.05, 3.63) is 137 Å². The van der Waals surface area contributed by atoms with Crippen molar-refractivity contribution in [2.75, 3.05) is 0 Å². The summed E-state index contributed by atoms with van der Waals surface area (Å²) in [6.45, 7) is 14.8. The average molecular weight is 794 g/mol. The fourth-order valence-corrected chi connectivity index (χ4v) is 14.6. The SMILES string of the molecule is [C-]#[N+]c1ccc(-c2nc(-c3ccc([N+]#[C-])cc3)nc(-c3ccc4c(c3)oc3cc(-c5cc(C67CC8CC(CC(C8)C6)C7)cc(C67CC8CC(CC(C8)C6)C7)c5)ccc34)n2)cc1. The van der Waals surface area contributed by atoms with E-state index in [-0.39, 0.29) is 0 Å². The fourth-order valence-electron chi connectivity index (χ4n) is 14.6. The molecule has 0 spiro atoms. The van der Waals surface area contributed by atoms with Crippen LogP contribution < -0.4 is 0 Å². The van der Waals surface area contributed by atoms with Gasteiger partial charge >= 0.3 is 0 Å². The lowest BCUT2D eigenvalue weighted by molar-refractivity contribution is -0.00832. The number of aromatic nitrogens is 3. The number of nitrogens with zero attached hydrogens (tertiary/aromatic N) is 5. The lowest BCUT2D eigenvalue weighted by Crippen LogP contribution is -2.50. The lowest BCUT2D eigenvalue weighted by Gasteiger charge is -2.58. The van der Waals surface area contributed by atoms with Crippen molar-refractivity contribution >= 4 is 33.3 Å². The average Bonchev–Trinajstić information content (AvgIpc) is 3.65. The second kappa shape index (κ2) is 13.2. The smallest absolute Gasteiger partial charge is 0.187 e. The van der Waals surface area contributed by atoms with Crippen molar-refractivity contribution in [2.45, 2.75) is 87.9 Å². The van der Waals surface area contributed by atoms with Crippen LogP contribution >= 0.6 is 0 Å². The minimum absolute atomic E-state index is 0.346. The maximum atomic E-state index is 7.41. The summed E-state index contributed by atoms with van der Waals surface area (Å²) in [5.74, 6) is 7.06. The summed E-state index contributed by atoms with van der Waals surface area (Å²) in [4.78, 5) is 21.9. The summed E-state index contributed by atoms with van der Waals surface area (Å²) in [7, 11) is 0. The van der Waals surface area contributed by atoms with Gasteiger partial charge in [0.1, 0.15) is 11.2 Å². The molecule has 6 nitrogen and oxygen atoms in total. The molecular formula is C55H47N5O. The molecule has 0 N–H and O–H groups in total. The molecule has 8 fully saturated rings. The monoisotopic (exact) mass is 793 g/mol. The van der Waals surface area contributed by atoms with Gasteiger partial charge in [0.05, 0.1) is 13.1 Å². The molecule has 7 aromatic rings. The number of rotatable bonds is 6. The molecule has 0 saturated heterocycles. The maximum Gasteiger partial charge on any atom is 0.187 e. The van der Waals surface area contributed by atoms with E-state index in [0.717, 1.165) is 74.1 Å². The molecule has 2 heterocycles. The van der Waals surface area contributed by atoms with Gasteiger partial charge in [-0.2, -0.15) is 0 Å². The summed E-state index contributed by atoms with van der Waals surface area (Å²) < 4.78 is 6.79. The van der Waals surface area contributed by atoms with Crippen LogP contribution in [0.1, 0.15) is 88.2 Å². The Kier molecular flexibility index (Phi) is 7.71. The standard InChI is InChI=1S/C55H47N5O/c1-56-45-9-3-38(4-10-45)51-58-52(39-5-11-46(57-2)12-6-39)60-53(59-51)41-8-14-48-47-13-7-40(23-49(47)61-50(48)24-41)42-21-43(54-26-32-15-33(27-54)17-34(16-32)28-54)25-44(22-42)55-29-35-18-36(30-55)20-37(19-35)31-55/h3-14,21-25,32-37H,15-20,26-31H2. The third-order valence-electron chi connectivity index (χ3n) is 16.4. The minimum atomic E-state index is 0.346. The highest BCUT2D eigenvalue weighted by atomic mass is 16.3. The second-order valence-electron chi connectivity index (χ2n) is 20.3. The first-order chi connectivity index (χ1) is 29.9. The topological polar surface area (TPSA) is 60.5 Å². The number of furan rings is 1. The molecule has 15 rings (SSSR count). The third kappa shape index (κ3) is 5.82. The number of fused-ring (bicyclic) bond motifs is 3. The van der Waals surface area contributed by atoms with Crippen LogP contribution in [0, 0.1) is 48.7 Å². The first kappa shape index (κ1) is 35.6. The van der Waals surface area contributed by atoms with Crippen LogP contribution in [-0.2, 0) is 10.8 Å². The first-order valence-electron chi connectivity index (χ1n) is 22.7. The van der Waals surface area contributed by atoms with E-state index in [4.69, 9.17) is 32.5 Å². The van der Waals surface area contributed by atoms with Gasteiger partial charge in [0, 0.05) is 27.5 Å². The zero-order chi connectivity index (χ0) is 40.5. The van der Waals surface area contributed by atoms with Crippen LogP contribution in [-0.4, -0.2) is 15.0 Å². The lowest BCUT2D eigenvalue weighted by atomic mass is 9.46. The molecule has 61 heavy (non-hydrogen) atoms. The summed E-state index contributed by atoms with van der Waals surface area (Å²) >= 11 is 0. The molecule has 8 bridgehead atoms. The molecule has 5 aromatic carbocycles. The molecule has 0 radical (unpaired) electrons. The molecule has 6 heteroatoms. The number of benzene rings is 5.